The van der Waals surface area contributed by atoms with Gasteiger partial charge >= 0.3 is 5.97 Å². The molecule has 0 amide bonds. The molecule has 22 heavy (non-hydrogen) atoms. The predicted molar refractivity (Wildman–Crippen MR) is 65.7 cm³/mol. The van der Waals surface area contributed by atoms with E-state index < -0.39 is 60.3 Å². The number of aliphatic hydroxyl groups excluding tert-OH is 4. The van der Waals surface area contributed by atoms with Gasteiger partial charge in [-0.1, -0.05) is 0 Å². The summed E-state index contributed by atoms with van der Waals surface area (Å²) in [6.45, 7) is -0.857. The highest BCUT2D eigenvalue weighted by atomic mass is 16.9. The molecule has 4 fully saturated rings. The molecular weight excluding hydrogens is 302 g/mol. The Morgan fingerprint density at radius 2 is 1.82 bits per heavy atom. The first kappa shape index (κ1) is 14.5. The minimum absolute atomic E-state index is 0.250. The third-order valence-electron chi connectivity index (χ3n) is 5.22. The molecule has 11 heteroatoms. The number of nitrogens with one attached hydrogen (secondary N) is 1. The topological polar surface area (TPSA) is 190 Å². The number of guanidine groups is 1. The Morgan fingerprint density at radius 1 is 1.18 bits per heavy atom. The molecule has 5 rings (SSSR count). The van der Waals surface area contributed by atoms with Crippen LogP contribution in [0.5, 0.6) is 0 Å². The van der Waals surface area contributed by atoms with Crippen molar-refractivity contribution in [3.05, 3.63) is 0 Å². The first-order valence-corrected chi connectivity index (χ1v) is 6.77. The smallest absolute Gasteiger partial charge is 0.311 e. The Balaban J connectivity index is 1.95. The number of hydrogen-bond acceptors (Lipinski definition) is 11. The van der Waals surface area contributed by atoms with Crippen LogP contribution in [-0.2, 0) is 9.47 Å². The van der Waals surface area contributed by atoms with Crippen molar-refractivity contribution in [3.63, 3.8) is 0 Å². The number of ether oxygens (including phenoxy) is 2. The fraction of sp³-hybridized carbons (Fsp3) is 0.909. The van der Waals surface area contributed by atoms with E-state index in [9.17, 15) is 30.6 Å². The Morgan fingerprint density at radius 3 is 2.45 bits per heavy atom. The van der Waals surface area contributed by atoms with Gasteiger partial charge < -0.3 is 51.2 Å². The highest BCUT2D eigenvalue weighted by Gasteiger charge is 2.82. The number of hydrogen-bond donors (Lipinski definition) is 8. The van der Waals surface area contributed by atoms with E-state index >= 15 is 0 Å². The molecule has 124 valence electrons. The van der Waals surface area contributed by atoms with Gasteiger partial charge in [-0.3, -0.25) is 0 Å². The molecule has 1 aliphatic carbocycles. The minimum atomic E-state index is -2.52. The van der Waals surface area contributed by atoms with Crippen LogP contribution in [0.2, 0.25) is 0 Å². The largest absolute Gasteiger partial charge is 0.393 e. The summed E-state index contributed by atoms with van der Waals surface area (Å²) in [5, 5.41) is 64.3. The van der Waals surface area contributed by atoms with Crippen LogP contribution in [0.3, 0.4) is 0 Å². The molecule has 0 aromatic rings. The van der Waals surface area contributed by atoms with Gasteiger partial charge in [-0.2, -0.15) is 0 Å². The average molecular weight is 319 g/mol. The van der Waals surface area contributed by atoms with Crippen LogP contribution in [0.1, 0.15) is 0 Å². The summed E-state index contributed by atoms with van der Waals surface area (Å²) < 4.78 is 10.3. The quantitative estimate of drug-likeness (QED) is 0.231. The van der Waals surface area contributed by atoms with Crippen LogP contribution in [-0.4, -0.2) is 91.0 Å². The number of aliphatic hydroxyl groups is 6. The number of rotatable bonds is 1. The van der Waals surface area contributed by atoms with Crippen molar-refractivity contribution in [1.82, 2.24) is 5.32 Å². The molecule has 4 heterocycles. The molecule has 3 saturated heterocycles. The molecule has 4 aliphatic heterocycles. The Hall–Kier alpha value is -1.05. The summed E-state index contributed by atoms with van der Waals surface area (Å²) in [6, 6.07) is 0. The van der Waals surface area contributed by atoms with Crippen LogP contribution in [0, 0.1) is 5.92 Å². The van der Waals surface area contributed by atoms with E-state index in [0.29, 0.717) is 0 Å². The van der Waals surface area contributed by atoms with Crippen LogP contribution in [0.4, 0.5) is 0 Å². The summed E-state index contributed by atoms with van der Waals surface area (Å²) >= 11 is 0. The molecule has 9 atom stereocenters. The van der Waals surface area contributed by atoms with Gasteiger partial charge in [0.25, 0.3) is 0 Å². The Kier molecular flexibility index (Phi) is 2.57. The fourth-order valence-electron chi connectivity index (χ4n) is 4.24. The number of nitrogens with zero attached hydrogens (tertiary/aromatic N) is 1. The van der Waals surface area contributed by atoms with E-state index in [-0.39, 0.29) is 5.96 Å². The molecule has 1 saturated carbocycles. The maximum Gasteiger partial charge on any atom is 0.311 e. The first-order valence-electron chi connectivity index (χ1n) is 6.77. The average Bonchev–Trinajstić information content (AvgIpc) is 2.45. The Bertz CT molecular complexity index is 561. The third-order valence-corrected chi connectivity index (χ3v) is 5.22. The van der Waals surface area contributed by atoms with E-state index in [1.54, 1.807) is 0 Å². The summed E-state index contributed by atoms with van der Waals surface area (Å²) in [6.07, 6.45) is -7.77. The van der Waals surface area contributed by atoms with Crippen LogP contribution >= 0.6 is 0 Å². The SMILES string of the molecule is NC1=NC(O)C2C3O[C@]4(O)O[C@H](C(O)C2(N1)[C@@H]4O)C3(O)CO. The van der Waals surface area contributed by atoms with E-state index in [1.165, 1.54) is 0 Å². The van der Waals surface area contributed by atoms with E-state index in [4.69, 9.17) is 15.2 Å². The lowest BCUT2D eigenvalue weighted by Gasteiger charge is -2.71. The summed E-state index contributed by atoms with van der Waals surface area (Å²) in [7, 11) is 0. The lowest BCUT2D eigenvalue weighted by atomic mass is 9.55. The lowest BCUT2D eigenvalue weighted by Crippen LogP contribution is -2.95. The van der Waals surface area contributed by atoms with E-state index in [1.807, 2.05) is 0 Å². The van der Waals surface area contributed by atoms with Crippen LogP contribution in [0.25, 0.3) is 0 Å². The van der Waals surface area contributed by atoms with Crippen molar-refractivity contribution < 1.29 is 40.1 Å². The molecule has 5 aliphatic rings. The molecule has 0 radical (unpaired) electrons. The molecule has 0 aromatic carbocycles. The zero-order chi connectivity index (χ0) is 16.1. The first-order chi connectivity index (χ1) is 10.2. The summed E-state index contributed by atoms with van der Waals surface area (Å²) in [5.74, 6) is -3.95. The van der Waals surface area contributed by atoms with Gasteiger partial charge in [-0.05, 0) is 0 Å². The maximum absolute atomic E-state index is 10.6. The lowest BCUT2D eigenvalue weighted by molar-refractivity contribution is -0.548. The van der Waals surface area contributed by atoms with Crippen molar-refractivity contribution in [2.24, 2.45) is 16.6 Å². The Labute approximate surface area is 123 Å². The number of aliphatic imine (C=N–C) groups is 1. The highest BCUT2D eigenvalue weighted by Crippen LogP contribution is 2.58. The zero-order valence-electron chi connectivity index (χ0n) is 11.2. The number of nitrogens with two attached hydrogens (primary N) is 1. The van der Waals surface area contributed by atoms with Crippen molar-refractivity contribution in [2.45, 2.75) is 47.8 Å². The van der Waals surface area contributed by atoms with Gasteiger partial charge in [-0.25, -0.2) is 4.99 Å². The van der Waals surface area contributed by atoms with Crippen molar-refractivity contribution in [3.8, 4) is 0 Å². The normalized spacial score (nSPS) is 62.4. The molecule has 9 N–H and O–H groups in total. The van der Waals surface area contributed by atoms with Gasteiger partial charge in [0.05, 0.1) is 12.5 Å². The van der Waals surface area contributed by atoms with Gasteiger partial charge in [0, 0.05) is 0 Å². The summed E-state index contributed by atoms with van der Waals surface area (Å²) in [5.41, 5.74) is 1.74. The van der Waals surface area contributed by atoms with E-state index in [2.05, 4.69) is 10.3 Å². The molecule has 11 nitrogen and oxygen atoms in total. The molecule has 6 unspecified atom stereocenters. The molecule has 4 bridgehead atoms. The van der Waals surface area contributed by atoms with Gasteiger partial charge in [0.1, 0.15) is 29.5 Å². The highest BCUT2D eigenvalue weighted by molar-refractivity contribution is 5.80. The predicted octanol–water partition coefficient (Wildman–Crippen LogP) is -5.52. The van der Waals surface area contributed by atoms with Crippen LogP contribution < -0.4 is 11.1 Å². The zero-order valence-corrected chi connectivity index (χ0v) is 11.2. The summed E-state index contributed by atoms with van der Waals surface area (Å²) in [4.78, 5) is 3.70. The fourth-order valence-corrected chi connectivity index (χ4v) is 4.24. The van der Waals surface area contributed by atoms with Crippen molar-refractivity contribution >= 4 is 5.96 Å². The third kappa shape index (κ3) is 1.28. The maximum atomic E-state index is 10.6. The van der Waals surface area contributed by atoms with Crippen LogP contribution in [0.15, 0.2) is 4.99 Å². The molecule has 1 spiro atoms. The second kappa shape index (κ2) is 3.88. The van der Waals surface area contributed by atoms with Crippen molar-refractivity contribution in [1.29, 1.82) is 0 Å². The second-order valence-electron chi connectivity index (χ2n) is 6.22. The minimum Gasteiger partial charge on any atom is -0.393 e. The molecule has 0 aromatic heterocycles. The standard InChI is InChI=1S/C11H17N3O8/c12-8-13-6(17)2-4-9(19,1-15)5-3(16)10(2,14-8)7(18)11(20,21-4)22-5/h2-7,15-20H,1H2,(H3,12,13,14)/t2?,3?,4?,5-,6?,7+,9?,10?,11+/m1/s1. The second-order valence-corrected chi connectivity index (χ2v) is 6.22. The van der Waals surface area contributed by atoms with E-state index in [0.717, 1.165) is 0 Å². The molecular formula is C11H17N3O8. The van der Waals surface area contributed by atoms with Crippen molar-refractivity contribution in [2.75, 3.05) is 6.61 Å². The van der Waals surface area contributed by atoms with Gasteiger partial charge in [0.15, 0.2) is 18.3 Å². The van der Waals surface area contributed by atoms with Gasteiger partial charge in [0.2, 0.25) is 0 Å². The monoisotopic (exact) mass is 319 g/mol. The van der Waals surface area contributed by atoms with Gasteiger partial charge in [-0.15, -0.1) is 0 Å².